The predicted molar refractivity (Wildman–Crippen MR) is 104 cm³/mol. The highest BCUT2D eigenvalue weighted by molar-refractivity contribution is 6.30. The standard InChI is InChI=1S/C20H25ClFN3O4/c1-28-13-3-5-16(23-7-13)24-18(27)19-9-20(10-19,11-19)25-17(26)8-29-12-2-4-14(21)15(22)6-12/h2,4,6,13,16,23H,3,5,7-11H2,1H3,(H,24,27)(H,25,26). The van der Waals surface area contributed by atoms with E-state index < -0.39 is 5.82 Å². The Bertz CT molecular complexity index is 793. The number of rotatable bonds is 7. The number of carbonyl (C=O) groups excluding carboxylic acids is 2. The van der Waals surface area contributed by atoms with Gasteiger partial charge in [0.15, 0.2) is 6.61 Å². The average molecular weight is 426 g/mol. The Morgan fingerprint density at radius 1 is 1.31 bits per heavy atom. The van der Waals surface area contributed by atoms with Gasteiger partial charge >= 0.3 is 0 Å². The second-order valence-electron chi connectivity index (χ2n) is 8.37. The third-order valence-electron chi connectivity index (χ3n) is 6.19. The minimum Gasteiger partial charge on any atom is -0.484 e. The smallest absolute Gasteiger partial charge is 0.258 e. The quantitative estimate of drug-likeness (QED) is 0.619. The Morgan fingerprint density at radius 2 is 2.07 bits per heavy atom. The predicted octanol–water partition coefficient (Wildman–Crippen LogP) is 1.74. The number of methoxy groups -OCH3 is 1. The number of ether oxygens (including phenoxy) is 2. The van der Waals surface area contributed by atoms with Crippen molar-refractivity contribution < 1.29 is 23.5 Å². The molecule has 158 valence electrons. The average Bonchev–Trinajstić information content (AvgIpc) is 2.65. The Labute approximate surface area is 173 Å². The van der Waals surface area contributed by atoms with E-state index in [2.05, 4.69) is 16.0 Å². The van der Waals surface area contributed by atoms with Crippen LogP contribution in [-0.4, -0.2) is 49.9 Å². The fraction of sp³-hybridized carbons (Fsp3) is 0.600. The van der Waals surface area contributed by atoms with Crippen molar-refractivity contribution in [1.29, 1.82) is 0 Å². The molecule has 1 aromatic rings. The van der Waals surface area contributed by atoms with E-state index in [0.29, 0.717) is 19.3 Å². The Hall–Kier alpha value is -1.90. The number of carbonyl (C=O) groups is 2. The first kappa shape index (κ1) is 20.4. The number of nitrogens with one attached hydrogen (secondary N) is 3. The van der Waals surface area contributed by atoms with E-state index in [9.17, 15) is 14.0 Å². The fourth-order valence-corrected chi connectivity index (χ4v) is 4.79. The van der Waals surface area contributed by atoms with E-state index in [4.69, 9.17) is 21.1 Å². The molecule has 1 aromatic carbocycles. The van der Waals surface area contributed by atoms with Gasteiger partial charge in [-0.15, -0.1) is 0 Å². The van der Waals surface area contributed by atoms with E-state index in [1.807, 2.05) is 0 Å². The lowest BCUT2D eigenvalue weighted by atomic mass is 9.39. The van der Waals surface area contributed by atoms with Gasteiger partial charge in [-0.25, -0.2) is 4.39 Å². The van der Waals surface area contributed by atoms with Crippen molar-refractivity contribution in [2.24, 2.45) is 5.41 Å². The van der Waals surface area contributed by atoms with Gasteiger partial charge in [-0.2, -0.15) is 0 Å². The molecule has 0 aromatic heterocycles. The molecule has 1 heterocycles. The van der Waals surface area contributed by atoms with Crippen LogP contribution in [0.25, 0.3) is 0 Å². The molecule has 7 nitrogen and oxygen atoms in total. The summed E-state index contributed by atoms with van der Waals surface area (Å²) in [6.45, 7) is 0.515. The highest BCUT2D eigenvalue weighted by atomic mass is 35.5. The van der Waals surface area contributed by atoms with Gasteiger partial charge in [0, 0.05) is 25.3 Å². The summed E-state index contributed by atoms with van der Waals surface area (Å²) in [6.07, 6.45) is 3.84. The maximum absolute atomic E-state index is 13.4. The molecule has 2 atom stereocenters. The largest absolute Gasteiger partial charge is 0.484 e. The number of hydrogen-bond donors (Lipinski definition) is 3. The van der Waals surface area contributed by atoms with Crippen molar-refractivity contribution in [3.8, 4) is 5.75 Å². The molecular weight excluding hydrogens is 401 g/mol. The molecule has 3 aliphatic carbocycles. The molecule has 2 bridgehead atoms. The van der Waals surface area contributed by atoms with E-state index in [1.165, 1.54) is 12.1 Å². The topological polar surface area (TPSA) is 88.7 Å². The van der Waals surface area contributed by atoms with Crippen LogP contribution in [-0.2, 0) is 14.3 Å². The Kier molecular flexibility index (Phi) is 5.44. The van der Waals surface area contributed by atoms with Gasteiger partial charge in [0.1, 0.15) is 11.6 Å². The first-order valence-electron chi connectivity index (χ1n) is 9.79. The van der Waals surface area contributed by atoms with Gasteiger partial charge in [-0.05, 0) is 44.2 Å². The molecule has 2 unspecified atom stereocenters. The number of halogens is 2. The third-order valence-corrected chi connectivity index (χ3v) is 6.49. The number of piperidine rings is 1. The van der Waals surface area contributed by atoms with Crippen LogP contribution in [0.4, 0.5) is 4.39 Å². The maximum atomic E-state index is 13.4. The number of hydrogen-bond acceptors (Lipinski definition) is 5. The second-order valence-corrected chi connectivity index (χ2v) is 8.78. The minimum absolute atomic E-state index is 0.00110. The van der Waals surface area contributed by atoms with Crippen LogP contribution in [0.5, 0.6) is 5.75 Å². The van der Waals surface area contributed by atoms with Gasteiger partial charge < -0.3 is 20.1 Å². The lowest BCUT2D eigenvalue weighted by Crippen LogP contribution is -2.79. The summed E-state index contributed by atoms with van der Waals surface area (Å²) >= 11 is 5.62. The molecule has 4 fully saturated rings. The van der Waals surface area contributed by atoms with Crippen molar-refractivity contribution in [2.75, 3.05) is 20.3 Å². The molecule has 5 rings (SSSR count). The highest BCUT2D eigenvalue weighted by Crippen LogP contribution is 2.67. The molecule has 3 N–H and O–H groups in total. The van der Waals surface area contributed by atoms with E-state index in [-0.39, 0.29) is 52.4 Å². The molecule has 3 saturated carbocycles. The minimum atomic E-state index is -0.595. The number of amides is 2. The highest BCUT2D eigenvalue weighted by Gasteiger charge is 2.72. The zero-order chi connectivity index (χ0) is 20.6. The maximum Gasteiger partial charge on any atom is 0.258 e. The second kappa shape index (κ2) is 7.74. The molecule has 29 heavy (non-hydrogen) atoms. The van der Waals surface area contributed by atoms with Crippen LogP contribution < -0.4 is 20.7 Å². The molecule has 0 radical (unpaired) electrons. The van der Waals surface area contributed by atoms with Gasteiger partial charge in [-0.1, -0.05) is 11.6 Å². The molecule has 2 amide bonds. The summed E-state index contributed by atoms with van der Waals surface area (Å²) in [4.78, 5) is 24.8. The van der Waals surface area contributed by atoms with Gasteiger partial charge in [0.2, 0.25) is 5.91 Å². The number of benzene rings is 1. The summed E-state index contributed by atoms with van der Waals surface area (Å²) in [5.41, 5.74) is -0.683. The van der Waals surface area contributed by atoms with Crippen LogP contribution in [0.3, 0.4) is 0 Å². The van der Waals surface area contributed by atoms with Crippen molar-refractivity contribution >= 4 is 23.4 Å². The zero-order valence-electron chi connectivity index (χ0n) is 16.2. The molecular formula is C20H25ClFN3O4. The molecule has 1 saturated heterocycles. The van der Waals surface area contributed by atoms with Crippen LogP contribution >= 0.6 is 11.6 Å². The van der Waals surface area contributed by atoms with Crippen molar-refractivity contribution in [3.63, 3.8) is 0 Å². The van der Waals surface area contributed by atoms with Gasteiger partial charge in [0.05, 0.1) is 22.7 Å². The van der Waals surface area contributed by atoms with Crippen LogP contribution in [0, 0.1) is 11.2 Å². The van der Waals surface area contributed by atoms with E-state index >= 15 is 0 Å². The third kappa shape index (κ3) is 4.06. The van der Waals surface area contributed by atoms with E-state index in [1.54, 1.807) is 7.11 Å². The van der Waals surface area contributed by atoms with Crippen molar-refractivity contribution in [3.05, 3.63) is 29.0 Å². The van der Waals surface area contributed by atoms with Crippen LogP contribution in [0.15, 0.2) is 18.2 Å². The molecule has 4 aliphatic rings. The van der Waals surface area contributed by atoms with Gasteiger partial charge in [-0.3, -0.25) is 14.9 Å². The summed E-state index contributed by atoms with van der Waals surface area (Å²) < 4.78 is 24.0. The monoisotopic (exact) mass is 425 g/mol. The van der Waals surface area contributed by atoms with Gasteiger partial charge in [0.25, 0.3) is 5.91 Å². The first-order valence-corrected chi connectivity index (χ1v) is 10.2. The summed E-state index contributed by atoms with van der Waals surface area (Å²) in [7, 11) is 1.69. The Balaban J connectivity index is 1.19. The van der Waals surface area contributed by atoms with E-state index in [0.717, 1.165) is 25.5 Å². The summed E-state index contributed by atoms with van der Waals surface area (Å²) in [6, 6.07) is 4.03. The molecule has 1 aliphatic heterocycles. The fourth-order valence-electron chi connectivity index (χ4n) is 4.67. The summed E-state index contributed by atoms with van der Waals surface area (Å²) in [5, 5.41) is 9.33. The van der Waals surface area contributed by atoms with Crippen molar-refractivity contribution in [2.45, 2.75) is 49.9 Å². The summed E-state index contributed by atoms with van der Waals surface area (Å²) in [5.74, 6) is -0.586. The normalized spacial score (nSPS) is 32.5. The van der Waals surface area contributed by atoms with Crippen LogP contribution in [0.1, 0.15) is 32.1 Å². The molecule has 9 heteroatoms. The van der Waals surface area contributed by atoms with Crippen molar-refractivity contribution in [1.82, 2.24) is 16.0 Å². The lowest BCUT2D eigenvalue weighted by molar-refractivity contribution is -0.185. The Morgan fingerprint density at radius 3 is 2.69 bits per heavy atom. The SMILES string of the molecule is COC1CCC(NC(=O)C23CC(NC(=O)COc4ccc(Cl)c(F)c4)(C2)C3)NC1. The van der Waals surface area contributed by atoms with Crippen LogP contribution in [0.2, 0.25) is 5.02 Å². The first-order chi connectivity index (χ1) is 13.8. The molecule has 0 spiro atoms. The zero-order valence-corrected chi connectivity index (χ0v) is 17.0. The lowest BCUT2D eigenvalue weighted by Gasteiger charge is -2.69.